The molecule has 5 nitrogen and oxygen atoms in total. The number of pyridine rings is 1. The maximum absolute atomic E-state index is 12.5. The standard InChI is InChI=1S/C21H18ClN3O2/c1-13-10-11-15(12-16(13)22)23-20(26)18-8-5-9-19(24-18)21(27)25-17-7-4-3-6-14(17)2/h3-12H,1-2H3,(H,23,26)(H,25,27). The van der Waals surface area contributed by atoms with Gasteiger partial charge < -0.3 is 10.6 Å². The first-order chi connectivity index (χ1) is 12.9. The molecule has 3 aromatic rings. The van der Waals surface area contributed by atoms with E-state index in [1.54, 1.807) is 30.3 Å². The molecule has 0 aliphatic heterocycles. The van der Waals surface area contributed by atoms with Gasteiger partial charge in [-0.15, -0.1) is 0 Å². The lowest BCUT2D eigenvalue weighted by atomic mass is 10.2. The van der Waals surface area contributed by atoms with Crippen molar-refractivity contribution in [3.8, 4) is 0 Å². The van der Waals surface area contributed by atoms with E-state index in [4.69, 9.17) is 11.6 Å². The number of hydrogen-bond acceptors (Lipinski definition) is 3. The second kappa shape index (κ2) is 8.01. The van der Waals surface area contributed by atoms with Gasteiger partial charge in [-0.3, -0.25) is 9.59 Å². The Morgan fingerprint density at radius 2 is 1.48 bits per heavy atom. The highest BCUT2D eigenvalue weighted by Crippen LogP contribution is 2.20. The first-order valence-corrected chi connectivity index (χ1v) is 8.73. The molecule has 0 unspecified atom stereocenters. The third-order valence-electron chi connectivity index (χ3n) is 4.04. The van der Waals surface area contributed by atoms with Crippen LogP contribution in [0.3, 0.4) is 0 Å². The monoisotopic (exact) mass is 379 g/mol. The Bertz CT molecular complexity index is 1020. The normalized spacial score (nSPS) is 10.3. The molecule has 0 fully saturated rings. The molecule has 1 heterocycles. The average molecular weight is 380 g/mol. The van der Waals surface area contributed by atoms with Gasteiger partial charge >= 0.3 is 0 Å². The van der Waals surface area contributed by atoms with Crippen molar-refractivity contribution in [2.24, 2.45) is 0 Å². The van der Waals surface area contributed by atoms with Gasteiger partial charge in [0.05, 0.1) is 0 Å². The maximum Gasteiger partial charge on any atom is 0.274 e. The summed E-state index contributed by atoms with van der Waals surface area (Å²) in [5.41, 5.74) is 3.43. The quantitative estimate of drug-likeness (QED) is 0.680. The molecule has 0 spiro atoms. The van der Waals surface area contributed by atoms with Crippen LogP contribution in [0, 0.1) is 13.8 Å². The number of halogens is 1. The van der Waals surface area contributed by atoms with E-state index in [-0.39, 0.29) is 17.3 Å². The maximum atomic E-state index is 12.5. The van der Waals surface area contributed by atoms with Crippen molar-refractivity contribution in [3.05, 3.63) is 88.2 Å². The number of aryl methyl sites for hydroxylation is 2. The van der Waals surface area contributed by atoms with Gasteiger partial charge in [-0.25, -0.2) is 4.98 Å². The second-order valence-electron chi connectivity index (χ2n) is 6.10. The van der Waals surface area contributed by atoms with E-state index in [9.17, 15) is 9.59 Å². The topological polar surface area (TPSA) is 71.1 Å². The van der Waals surface area contributed by atoms with Gasteiger partial charge in [0.25, 0.3) is 11.8 Å². The van der Waals surface area contributed by atoms with Crippen molar-refractivity contribution in [1.29, 1.82) is 0 Å². The molecule has 2 N–H and O–H groups in total. The van der Waals surface area contributed by atoms with Crippen LogP contribution in [0.5, 0.6) is 0 Å². The van der Waals surface area contributed by atoms with Gasteiger partial charge in [0.2, 0.25) is 0 Å². The summed E-state index contributed by atoms with van der Waals surface area (Å²) in [5.74, 6) is -0.794. The van der Waals surface area contributed by atoms with E-state index in [1.165, 1.54) is 0 Å². The van der Waals surface area contributed by atoms with Crippen LogP contribution in [-0.2, 0) is 0 Å². The van der Waals surface area contributed by atoms with Gasteiger partial charge in [0, 0.05) is 16.4 Å². The first-order valence-electron chi connectivity index (χ1n) is 8.35. The van der Waals surface area contributed by atoms with E-state index in [2.05, 4.69) is 15.6 Å². The van der Waals surface area contributed by atoms with Crippen molar-refractivity contribution in [2.75, 3.05) is 10.6 Å². The SMILES string of the molecule is Cc1ccc(NC(=O)c2cccc(C(=O)Nc3ccccc3C)n2)cc1Cl. The zero-order valence-corrected chi connectivity index (χ0v) is 15.7. The number of carbonyl (C=O) groups excluding carboxylic acids is 2. The number of nitrogens with zero attached hydrogens (tertiary/aromatic N) is 1. The van der Waals surface area contributed by atoms with Crippen molar-refractivity contribution in [1.82, 2.24) is 4.98 Å². The lowest BCUT2D eigenvalue weighted by molar-refractivity contribution is 0.101. The molecule has 0 bridgehead atoms. The lowest BCUT2D eigenvalue weighted by Crippen LogP contribution is -2.18. The summed E-state index contributed by atoms with van der Waals surface area (Å²) in [4.78, 5) is 29.1. The highest BCUT2D eigenvalue weighted by molar-refractivity contribution is 6.31. The first kappa shape index (κ1) is 18.6. The van der Waals surface area contributed by atoms with Crippen molar-refractivity contribution in [3.63, 3.8) is 0 Å². The Morgan fingerprint density at radius 1 is 0.815 bits per heavy atom. The number of hydrogen-bond donors (Lipinski definition) is 2. The molecule has 0 saturated heterocycles. The Hall–Kier alpha value is -3.18. The van der Waals surface area contributed by atoms with Crippen LogP contribution in [0.4, 0.5) is 11.4 Å². The number of anilines is 2. The van der Waals surface area contributed by atoms with E-state index in [0.29, 0.717) is 16.4 Å². The summed E-state index contributed by atoms with van der Waals surface area (Å²) in [6.07, 6.45) is 0. The molecule has 1 aromatic heterocycles. The summed E-state index contributed by atoms with van der Waals surface area (Å²) in [6, 6.07) is 17.4. The Balaban J connectivity index is 1.76. The number of para-hydroxylation sites is 1. The Morgan fingerprint density at radius 3 is 2.15 bits per heavy atom. The molecule has 0 atom stereocenters. The van der Waals surface area contributed by atoms with Crippen LogP contribution in [-0.4, -0.2) is 16.8 Å². The highest BCUT2D eigenvalue weighted by Gasteiger charge is 2.14. The van der Waals surface area contributed by atoms with E-state index >= 15 is 0 Å². The molecule has 0 aliphatic rings. The number of amides is 2. The molecule has 2 aromatic carbocycles. The fourth-order valence-corrected chi connectivity index (χ4v) is 2.63. The van der Waals surface area contributed by atoms with Crippen molar-refractivity contribution < 1.29 is 9.59 Å². The minimum atomic E-state index is -0.416. The van der Waals surface area contributed by atoms with Gasteiger partial charge in [-0.1, -0.05) is 41.9 Å². The van der Waals surface area contributed by atoms with E-state index in [1.807, 2.05) is 44.2 Å². The Labute approximate surface area is 162 Å². The number of aromatic nitrogens is 1. The molecule has 136 valence electrons. The predicted octanol–water partition coefficient (Wildman–Crippen LogP) is 4.86. The van der Waals surface area contributed by atoms with Crippen LogP contribution >= 0.6 is 11.6 Å². The molecule has 0 radical (unpaired) electrons. The van der Waals surface area contributed by atoms with Gasteiger partial charge in [-0.05, 0) is 55.3 Å². The van der Waals surface area contributed by atoms with Gasteiger partial charge in [0.1, 0.15) is 11.4 Å². The average Bonchev–Trinajstić information content (AvgIpc) is 2.66. The van der Waals surface area contributed by atoms with Crippen LogP contribution in [0.2, 0.25) is 5.02 Å². The second-order valence-corrected chi connectivity index (χ2v) is 6.50. The predicted molar refractivity (Wildman–Crippen MR) is 108 cm³/mol. The molecule has 6 heteroatoms. The van der Waals surface area contributed by atoms with Gasteiger partial charge in [-0.2, -0.15) is 0 Å². The van der Waals surface area contributed by atoms with Crippen LogP contribution in [0.1, 0.15) is 32.1 Å². The summed E-state index contributed by atoms with van der Waals surface area (Å²) in [5, 5.41) is 6.10. The molecular weight excluding hydrogens is 362 g/mol. The van der Waals surface area contributed by atoms with E-state index < -0.39 is 5.91 Å². The minimum absolute atomic E-state index is 0.143. The number of nitrogens with one attached hydrogen (secondary N) is 2. The summed E-state index contributed by atoms with van der Waals surface area (Å²) >= 11 is 6.08. The van der Waals surface area contributed by atoms with E-state index in [0.717, 1.165) is 11.1 Å². The fourth-order valence-electron chi connectivity index (χ4n) is 2.45. The summed E-state index contributed by atoms with van der Waals surface area (Å²) in [6.45, 7) is 3.78. The number of carbonyl (C=O) groups is 2. The molecule has 2 amide bonds. The van der Waals surface area contributed by atoms with Crippen molar-refractivity contribution >= 4 is 34.8 Å². The molecule has 0 saturated carbocycles. The van der Waals surface area contributed by atoms with Crippen LogP contribution in [0.15, 0.2) is 60.7 Å². The van der Waals surface area contributed by atoms with Crippen LogP contribution in [0.25, 0.3) is 0 Å². The molecule has 3 rings (SSSR count). The molecular formula is C21H18ClN3O2. The van der Waals surface area contributed by atoms with Gasteiger partial charge in [0.15, 0.2) is 0 Å². The zero-order valence-electron chi connectivity index (χ0n) is 14.9. The van der Waals surface area contributed by atoms with Crippen LogP contribution < -0.4 is 10.6 Å². The molecule has 0 aliphatic carbocycles. The fraction of sp³-hybridized carbons (Fsp3) is 0.0952. The smallest absolute Gasteiger partial charge is 0.274 e. The van der Waals surface area contributed by atoms with Crippen molar-refractivity contribution in [2.45, 2.75) is 13.8 Å². The third-order valence-corrected chi connectivity index (χ3v) is 4.44. The summed E-state index contributed by atoms with van der Waals surface area (Å²) < 4.78 is 0. The molecule has 27 heavy (non-hydrogen) atoms. The number of benzene rings is 2. The number of rotatable bonds is 4. The zero-order chi connectivity index (χ0) is 19.4. The minimum Gasteiger partial charge on any atom is -0.321 e. The third kappa shape index (κ3) is 4.51. The summed E-state index contributed by atoms with van der Waals surface area (Å²) in [7, 11) is 0. The Kier molecular flexibility index (Phi) is 5.52. The lowest BCUT2D eigenvalue weighted by Gasteiger charge is -2.09. The largest absolute Gasteiger partial charge is 0.321 e. The highest BCUT2D eigenvalue weighted by atomic mass is 35.5.